The molecule has 1 rings (SSSR count). The molecule has 0 aromatic heterocycles. The first kappa shape index (κ1) is 15.0. The maximum absolute atomic E-state index is 13.9. The quantitative estimate of drug-likeness (QED) is 0.657. The summed E-state index contributed by atoms with van der Waals surface area (Å²) in [4.78, 5) is 0. The number of hydrogen-bond acceptors (Lipinski definition) is 2. The molecule has 0 saturated carbocycles. The average molecular weight is 317 g/mol. The van der Waals surface area contributed by atoms with Gasteiger partial charge in [-0.1, -0.05) is 20.8 Å². The summed E-state index contributed by atoms with van der Waals surface area (Å²) in [5.41, 5.74) is 5.81. The molecule has 1 aromatic rings. The van der Waals surface area contributed by atoms with Gasteiger partial charge in [0.1, 0.15) is 5.84 Å². The smallest absolute Gasteiger partial charge is 0.179 e. The molecule has 0 spiro atoms. The molecule has 0 aliphatic rings. The van der Waals surface area contributed by atoms with E-state index in [9.17, 15) is 4.39 Å². The predicted octanol–water partition coefficient (Wildman–Crippen LogP) is 3.69. The van der Waals surface area contributed by atoms with Crippen molar-refractivity contribution < 1.29 is 9.13 Å². The van der Waals surface area contributed by atoms with Crippen molar-refractivity contribution in [2.24, 2.45) is 11.1 Å². The SMILES string of the molecule is CC(C)(C)CCOc1ccc(C(=N)N)c(Br)c1F. The van der Waals surface area contributed by atoms with E-state index in [-0.39, 0.29) is 21.5 Å². The van der Waals surface area contributed by atoms with Crippen LogP contribution in [0.1, 0.15) is 32.8 Å². The van der Waals surface area contributed by atoms with Gasteiger partial charge in [0.15, 0.2) is 11.6 Å². The zero-order valence-corrected chi connectivity index (χ0v) is 12.4. The molecule has 0 saturated heterocycles. The number of rotatable bonds is 4. The van der Waals surface area contributed by atoms with Crippen LogP contribution in [0.5, 0.6) is 5.75 Å². The van der Waals surface area contributed by atoms with Crippen molar-refractivity contribution in [2.75, 3.05) is 6.61 Å². The molecule has 0 unspecified atom stereocenters. The minimum atomic E-state index is -0.517. The molecule has 0 radical (unpaired) electrons. The number of benzene rings is 1. The molecule has 18 heavy (non-hydrogen) atoms. The molecule has 0 amide bonds. The number of nitrogens with two attached hydrogens (primary N) is 1. The van der Waals surface area contributed by atoms with E-state index in [1.807, 2.05) is 0 Å². The van der Waals surface area contributed by atoms with Gasteiger partial charge >= 0.3 is 0 Å². The monoisotopic (exact) mass is 316 g/mol. The standard InChI is InChI=1S/C13H18BrFN2O/c1-13(2,3)6-7-18-9-5-4-8(12(16)17)10(14)11(9)15/h4-5H,6-7H2,1-3H3,(H3,16,17). The van der Waals surface area contributed by atoms with Gasteiger partial charge in [-0.2, -0.15) is 0 Å². The molecule has 100 valence electrons. The van der Waals surface area contributed by atoms with E-state index in [0.29, 0.717) is 12.2 Å². The van der Waals surface area contributed by atoms with Gasteiger partial charge in [0.05, 0.1) is 11.1 Å². The number of nitrogens with one attached hydrogen (secondary N) is 1. The molecule has 3 nitrogen and oxygen atoms in total. The average Bonchev–Trinajstić information content (AvgIpc) is 2.22. The van der Waals surface area contributed by atoms with E-state index in [1.54, 1.807) is 6.07 Å². The van der Waals surface area contributed by atoms with E-state index >= 15 is 0 Å². The van der Waals surface area contributed by atoms with Gasteiger partial charge in [-0.15, -0.1) is 0 Å². The third-order valence-electron chi connectivity index (χ3n) is 2.45. The molecule has 0 atom stereocenters. The fourth-order valence-electron chi connectivity index (χ4n) is 1.32. The normalized spacial score (nSPS) is 11.4. The Kier molecular flexibility index (Phi) is 4.73. The largest absolute Gasteiger partial charge is 0.490 e. The Hall–Kier alpha value is -1.10. The highest BCUT2D eigenvalue weighted by Gasteiger charge is 2.15. The van der Waals surface area contributed by atoms with Gasteiger partial charge in [-0.25, -0.2) is 4.39 Å². The Bertz CT molecular complexity index is 455. The zero-order chi connectivity index (χ0) is 13.9. The zero-order valence-electron chi connectivity index (χ0n) is 10.8. The number of amidine groups is 1. The molecular weight excluding hydrogens is 299 g/mol. The van der Waals surface area contributed by atoms with Crippen molar-refractivity contribution in [2.45, 2.75) is 27.2 Å². The second-order valence-corrected chi connectivity index (χ2v) is 6.11. The summed E-state index contributed by atoms with van der Waals surface area (Å²) in [6, 6.07) is 3.07. The lowest BCUT2D eigenvalue weighted by Gasteiger charge is -2.18. The highest BCUT2D eigenvalue weighted by atomic mass is 79.9. The van der Waals surface area contributed by atoms with Crippen LogP contribution in [0.15, 0.2) is 16.6 Å². The highest BCUT2D eigenvalue weighted by molar-refractivity contribution is 9.10. The molecular formula is C13H18BrFN2O. The van der Waals surface area contributed by atoms with Gasteiger partial charge in [-0.05, 0) is 39.9 Å². The lowest BCUT2D eigenvalue weighted by molar-refractivity contribution is 0.235. The van der Waals surface area contributed by atoms with Crippen molar-refractivity contribution in [3.8, 4) is 5.75 Å². The second-order valence-electron chi connectivity index (χ2n) is 5.31. The van der Waals surface area contributed by atoms with E-state index in [0.717, 1.165) is 6.42 Å². The first-order valence-electron chi connectivity index (χ1n) is 5.67. The van der Waals surface area contributed by atoms with Crippen LogP contribution in [0.4, 0.5) is 4.39 Å². The van der Waals surface area contributed by atoms with Gasteiger partial charge < -0.3 is 10.5 Å². The van der Waals surface area contributed by atoms with E-state index in [1.165, 1.54) is 6.07 Å². The van der Waals surface area contributed by atoms with Gasteiger partial charge in [0.25, 0.3) is 0 Å². The van der Waals surface area contributed by atoms with Crippen LogP contribution in [0, 0.1) is 16.6 Å². The van der Waals surface area contributed by atoms with Crippen molar-refractivity contribution in [1.29, 1.82) is 5.41 Å². The summed E-state index contributed by atoms with van der Waals surface area (Å²) in [6.07, 6.45) is 0.832. The molecule has 1 aromatic carbocycles. The lowest BCUT2D eigenvalue weighted by atomic mass is 9.93. The summed E-state index contributed by atoms with van der Waals surface area (Å²) in [5.74, 6) is -0.519. The topological polar surface area (TPSA) is 59.1 Å². The second kappa shape index (κ2) is 5.69. The highest BCUT2D eigenvalue weighted by Crippen LogP contribution is 2.29. The van der Waals surface area contributed by atoms with Crippen LogP contribution in [-0.4, -0.2) is 12.4 Å². The molecule has 0 heterocycles. The van der Waals surface area contributed by atoms with E-state index in [2.05, 4.69) is 36.7 Å². The van der Waals surface area contributed by atoms with Crippen LogP contribution in [0.3, 0.4) is 0 Å². The minimum absolute atomic E-state index is 0.146. The molecule has 0 aliphatic heterocycles. The van der Waals surface area contributed by atoms with Crippen LogP contribution < -0.4 is 10.5 Å². The van der Waals surface area contributed by atoms with Crippen molar-refractivity contribution >= 4 is 21.8 Å². The molecule has 3 N–H and O–H groups in total. The van der Waals surface area contributed by atoms with Crippen LogP contribution in [0.25, 0.3) is 0 Å². The number of halogens is 2. The molecule has 0 bridgehead atoms. The van der Waals surface area contributed by atoms with E-state index < -0.39 is 5.82 Å². The number of ether oxygens (including phenoxy) is 1. The Morgan fingerprint density at radius 1 is 1.44 bits per heavy atom. The maximum atomic E-state index is 13.9. The molecule has 5 heteroatoms. The van der Waals surface area contributed by atoms with Crippen molar-refractivity contribution in [3.05, 3.63) is 28.0 Å². The minimum Gasteiger partial charge on any atom is -0.490 e. The fraction of sp³-hybridized carbons (Fsp3) is 0.462. The van der Waals surface area contributed by atoms with Crippen molar-refractivity contribution in [1.82, 2.24) is 0 Å². The summed E-state index contributed by atoms with van der Waals surface area (Å²) in [6.45, 7) is 6.75. The third kappa shape index (κ3) is 3.98. The Morgan fingerprint density at radius 3 is 2.56 bits per heavy atom. The third-order valence-corrected chi connectivity index (χ3v) is 3.22. The summed E-state index contributed by atoms with van der Waals surface area (Å²) >= 11 is 3.09. The number of nitrogen functional groups attached to an aromatic ring is 1. The maximum Gasteiger partial charge on any atom is 0.179 e. The molecule has 0 fully saturated rings. The summed E-state index contributed by atoms with van der Waals surface area (Å²) in [7, 11) is 0. The van der Waals surface area contributed by atoms with Gasteiger partial charge in [0.2, 0.25) is 0 Å². The summed E-state index contributed by atoms with van der Waals surface area (Å²) < 4.78 is 19.5. The Balaban J connectivity index is 2.80. The van der Waals surface area contributed by atoms with Crippen LogP contribution in [0.2, 0.25) is 0 Å². The van der Waals surface area contributed by atoms with Gasteiger partial charge in [-0.3, -0.25) is 5.41 Å². The Labute approximate surface area is 115 Å². The van der Waals surface area contributed by atoms with Crippen LogP contribution in [-0.2, 0) is 0 Å². The van der Waals surface area contributed by atoms with Crippen LogP contribution >= 0.6 is 15.9 Å². The predicted molar refractivity (Wildman–Crippen MR) is 74.7 cm³/mol. The number of hydrogen-bond donors (Lipinski definition) is 2. The molecule has 0 aliphatic carbocycles. The first-order chi connectivity index (χ1) is 8.22. The lowest BCUT2D eigenvalue weighted by Crippen LogP contribution is -2.14. The van der Waals surface area contributed by atoms with Gasteiger partial charge in [0, 0.05) is 5.56 Å². The van der Waals surface area contributed by atoms with Crippen molar-refractivity contribution in [3.63, 3.8) is 0 Å². The van der Waals surface area contributed by atoms with E-state index in [4.69, 9.17) is 15.9 Å². The fourth-order valence-corrected chi connectivity index (χ4v) is 1.86. The summed E-state index contributed by atoms with van der Waals surface area (Å²) in [5, 5.41) is 7.30. The Morgan fingerprint density at radius 2 is 2.06 bits per heavy atom. The first-order valence-corrected chi connectivity index (χ1v) is 6.47.